The molecule has 2 heterocycles. The van der Waals surface area contributed by atoms with E-state index in [1.165, 1.54) is 28.3 Å². The third kappa shape index (κ3) is 4.40. The first-order valence-corrected chi connectivity index (χ1v) is 12.4. The summed E-state index contributed by atoms with van der Waals surface area (Å²) in [4.78, 5) is 27.1. The first-order valence-electron chi connectivity index (χ1n) is 10.9. The third-order valence-electron chi connectivity index (χ3n) is 6.04. The monoisotopic (exact) mass is 477 g/mol. The molecule has 0 atom stereocenters. The van der Waals surface area contributed by atoms with Crippen LogP contribution >= 0.6 is 0 Å². The zero-order valence-electron chi connectivity index (χ0n) is 18.3. The molecule has 0 saturated heterocycles. The molecule has 3 aromatic carbocycles. The molecule has 1 aliphatic rings. The van der Waals surface area contributed by atoms with Crippen molar-refractivity contribution in [2.24, 2.45) is 0 Å². The van der Waals surface area contributed by atoms with Crippen molar-refractivity contribution in [3.63, 3.8) is 0 Å². The second-order valence-corrected chi connectivity index (χ2v) is 9.99. The summed E-state index contributed by atoms with van der Waals surface area (Å²) in [6.45, 7) is 1.04. The van der Waals surface area contributed by atoms with Crippen LogP contribution in [0.25, 0.3) is 11.1 Å². The molecule has 1 aromatic heterocycles. The van der Waals surface area contributed by atoms with Gasteiger partial charge in [-0.2, -0.15) is 0 Å². The molecule has 0 saturated carbocycles. The molecular formula is C25H23N3O5S. The number of hydrogen-bond acceptors (Lipinski definition) is 5. The van der Waals surface area contributed by atoms with Gasteiger partial charge in [0.05, 0.1) is 10.4 Å². The molecule has 0 spiro atoms. The minimum Gasteiger partial charge on any atom is -0.408 e. The van der Waals surface area contributed by atoms with Crippen molar-refractivity contribution >= 4 is 27.0 Å². The molecule has 4 aromatic rings. The molecule has 1 aliphatic heterocycles. The maximum Gasteiger partial charge on any atom is 0.420 e. The van der Waals surface area contributed by atoms with Crippen molar-refractivity contribution in [2.75, 3.05) is 6.54 Å². The fourth-order valence-corrected chi connectivity index (χ4v) is 5.20. The zero-order valence-corrected chi connectivity index (χ0v) is 19.1. The maximum atomic E-state index is 12.9. The number of fused-ring (bicyclic) bond motifs is 2. The molecule has 0 unspecified atom stereocenters. The second-order valence-electron chi connectivity index (χ2n) is 8.23. The number of nitrogens with zero attached hydrogens (tertiary/aromatic N) is 2. The second kappa shape index (κ2) is 8.92. The van der Waals surface area contributed by atoms with E-state index in [0.717, 1.165) is 17.5 Å². The van der Waals surface area contributed by atoms with Crippen molar-refractivity contribution in [3.05, 3.63) is 100 Å². The SMILES string of the molecule is O=C(Cn1c(=O)oc2cc(S(=O)(=O)NCc3ccccc3)ccc21)N1CCc2ccccc2C1. The van der Waals surface area contributed by atoms with E-state index in [4.69, 9.17) is 4.42 Å². The molecule has 0 bridgehead atoms. The highest BCUT2D eigenvalue weighted by molar-refractivity contribution is 7.89. The van der Waals surface area contributed by atoms with Gasteiger partial charge in [0.25, 0.3) is 0 Å². The predicted molar refractivity (Wildman–Crippen MR) is 127 cm³/mol. The molecule has 0 aliphatic carbocycles. The minimum absolute atomic E-state index is 0.0178. The molecular weight excluding hydrogens is 454 g/mol. The summed E-state index contributed by atoms with van der Waals surface area (Å²) in [5.41, 5.74) is 3.64. The Morgan fingerprint density at radius 3 is 2.50 bits per heavy atom. The fraction of sp³-hybridized carbons (Fsp3) is 0.200. The molecule has 0 fully saturated rings. The van der Waals surface area contributed by atoms with E-state index in [0.29, 0.717) is 18.6 Å². The molecule has 1 amide bonds. The van der Waals surface area contributed by atoms with E-state index in [-0.39, 0.29) is 29.5 Å². The van der Waals surface area contributed by atoms with E-state index < -0.39 is 15.8 Å². The molecule has 34 heavy (non-hydrogen) atoms. The van der Waals surface area contributed by atoms with Crippen molar-refractivity contribution in [1.29, 1.82) is 0 Å². The number of nitrogens with one attached hydrogen (secondary N) is 1. The minimum atomic E-state index is -3.82. The van der Waals surface area contributed by atoms with E-state index in [2.05, 4.69) is 10.8 Å². The predicted octanol–water partition coefficient (Wildman–Crippen LogP) is 2.66. The third-order valence-corrected chi connectivity index (χ3v) is 7.43. The van der Waals surface area contributed by atoms with E-state index >= 15 is 0 Å². The summed E-state index contributed by atoms with van der Waals surface area (Å²) in [6, 6.07) is 21.4. The topological polar surface area (TPSA) is 102 Å². The quantitative estimate of drug-likeness (QED) is 0.460. The largest absolute Gasteiger partial charge is 0.420 e. The number of sulfonamides is 1. The van der Waals surface area contributed by atoms with Gasteiger partial charge >= 0.3 is 5.76 Å². The summed E-state index contributed by atoms with van der Waals surface area (Å²) in [5, 5.41) is 0. The number of oxazole rings is 1. The van der Waals surface area contributed by atoms with Gasteiger partial charge < -0.3 is 9.32 Å². The van der Waals surface area contributed by atoms with E-state index in [1.54, 1.807) is 4.90 Å². The molecule has 5 rings (SSSR count). The summed E-state index contributed by atoms with van der Waals surface area (Å²) in [6.07, 6.45) is 0.764. The Bertz CT molecular complexity index is 1520. The Hall–Kier alpha value is -3.69. The van der Waals surface area contributed by atoms with Gasteiger partial charge in [0.2, 0.25) is 15.9 Å². The van der Waals surface area contributed by atoms with Crippen LogP contribution in [0.2, 0.25) is 0 Å². The van der Waals surface area contributed by atoms with Crippen LogP contribution in [0.3, 0.4) is 0 Å². The Morgan fingerprint density at radius 1 is 0.971 bits per heavy atom. The lowest BCUT2D eigenvalue weighted by Crippen LogP contribution is -2.39. The molecule has 8 nitrogen and oxygen atoms in total. The maximum absolute atomic E-state index is 12.9. The zero-order chi connectivity index (χ0) is 23.7. The van der Waals surface area contributed by atoms with Crippen LogP contribution in [0, 0.1) is 0 Å². The number of hydrogen-bond donors (Lipinski definition) is 1. The van der Waals surface area contributed by atoms with Crippen LogP contribution in [-0.2, 0) is 40.9 Å². The molecule has 9 heteroatoms. The average Bonchev–Trinajstić information content (AvgIpc) is 3.17. The van der Waals surface area contributed by atoms with Crippen LogP contribution in [-0.4, -0.2) is 30.3 Å². The Kier molecular flexibility index (Phi) is 5.80. The van der Waals surface area contributed by atoms with Crippen molar-refractivity contribution in [2.45, 2.75) is 31.0 Å². The first kappa shape index (κ1) is 22.1. The Morgan fingerprint density at radius 2 is 1.71 bits per heavy atom. The Balaban J connectivity index is 1.34. The number of aromatic nitrogens is 1. The normalized spacial score (nSPS) is 13.7. The molecule has 1 N–H and O–H groups in total. The highest BCUT2D eigenvalue weighted by atomic mass is 32.2. The number of amides is 1. The standard InChI is InChI=1S/C25H23N3O5S/c29-24(27-13-12-19-8-4-5-9-20(19)16-27)17-28-22-11-10-21(14-23(22)33-25(28)30)34(31,32)26-15-18-6-2-1-3-7-18/h1-11,14,26H,12-13,15-17H2. The van der Waals surface area contributed by atoms with Crippen LogP contribution in [0.15, 0.2) is 86.9 Å². The van der Waals surface area contributed by atoms with Crippen molar-refractivity contribution in [3.8, 4) is 0 Å². The Labute approximate surface area is 196 Å². The van der Waals surface area contributed by atoms with Gasteiger partial charge in [-0.3, -0.25) is 9.36 Å². The number of carbonyl (C=O) groups is 1. The highest BCUT2D eigenvalue weighted by Crippen LogP contribution is 2.21. The highest BCUT2D eigenvalue weighted by Gasteiger charge is 2.23. The lowest BCUT2D eigenvalue weighted by atomic mass is 10.00. The number of rotatable bonds is 6. The van der Waals surface area contributed by atoms with Crippen LogP contribution < -0.4 is 10.5 Å². The first-order chi connectivity index (χ1) is 16.4. The number of benzene rings is 3. The van der Waals surface area contributed by atoms with Gasteiger partial charge in [-0.1, -0.05) is 54.6 Å². The molecule has 174 valence electrons. The van der Waals surface area contributed by atoms with Gasteiger partial charge in [0.15, 0.2) is 5.58 Å². The number of carbonyl (C=O) groups excluding carboxylic acids is 1. The van der Waals surface area contributed by atoms with Gasteiger partial charge in [-0.05, 0) is 35.2 Å². The van der Waals surface area contributed by atoms with Crippen LogP contribution in [0.5, 0.6) is 0 Å². The molecule has 0 radical (unpaired) electrons. The van der Waals surface area contributed by atoms with Gasteiger partial charge in [0, 0.05) is 25.7 Å². The smallest absolute Gasteiger partial charge is 0.408 e. The van der Waals surface area contributed by atoms with Gasteiger partial charge in [0.1, 0.15) is 6.54 Å². The van der Waals surface area contributed by atoms with Crippen LogP contribution in [0.1, 0.15) is 16.7 Å². The lowest BCUT2D eigenvalue weighted by molar-refractivity contribution is -0.132. The fourth-order valence-electron chi connectivity index (χ4n) is 4.16. The summed E-state index contributed by atoms with van der Waals surface area (Å²) >= 11 is 0. The van der Waals surface area contributed by atoms with Gasteiger partial charge in [-0.25, -0.2) is 17.9 Å². The summed E-state index contributed by atoms with van der Waals surface area (Å²) in [5.74, 6) is -0.895. The lowest BCUT2D eigenvalue weighted by Gasteiger charge is -2.28. The van der Waals surface area contributed by atoms with Crippen molar-refractivity contribution in [1.82, 2.24) is 14.2 Å². The van der Waals surface area contributed by atoms with E-state index in [1.807, 2.05) is 48.5 Å². The summed E-state index contributed by atoms with van der Waals surface area (Å²) < 4.78 is 34.5. The summed E-state index contributed by atoms with van der Waals surface area (Å²) in [7, 11) is -3.82. The average molecular weight is 478 g/mol. The van der Waals surface area contributed by atoms with Crippen molar-refractivity contribution < 1.29 is 17.6 Å². The van der Waals surface area contributed by atoms with E-state index in [9.17, 15) is 18.0 Å². The van der Waals surface area contributed by atoms with Crippen LogP contribution in [0.4, 0.5) is 0 Å². The van der Waals surface area contributed by atoms with Gasteiger partial charge in [-0.15, -0.1) is 0 Å².